The van der Waals surface area contributed by atoms with E-state index < -0.39 is 48.3 Å². The van der Waals surface area contributed by atoms with Gasteiger partial charge in [-0.05, 0) is 56.0 Å². The van der Waals surface area contributed by atoms with Crippen LogP contribution in [0.1, 0.15) is 92.6 Å². The van der Waals surface area contributed by atoms with Crippen molar-refractivity contribution in [2.45, 2.75) is 148 Å². The van der Waals surface area contributed by atoms with Crippen LogP contribution >= 0.6 is 0 Å². The van der Waals surface area contributed by atoms with Crippen LogP contribution in [0.15, 0.2) is 42.5 Å². The zero-order chi connectivity index (χ0) is 43.6. The van der Waals surface area contributed by atoms with Crippen molar-refractivity contribution in [2.24, 2.45) is 23.7 Å². The van der Waals surface area contributed by atoms with E-state index in [1.807, 2.05) is 84.0 Å². The number of ether oxygens (including phenoxy) is 2. The van der Waals surface area contributed by atoms with Crippen LogP contribution in [0.2, 0.25) is 0 Å². The number of methoxy groups -OCH3 is 2. The monoisotopic (exact) mass is 825 g/mol. The van der Waals surface area contributed by atoms with E-state index in [1.165, 1.54) is 5.06 Å². The Hall–Kier alpha value is -3.85. The highest BCUT2D eigenvalue weighted by molar-refractivity contribution is 5.91. The van der Waals surface area contributed by atoms with Crippen molar-refractivity contribution >= 4 is 29.5 Å². The molecular formula is C45H72N6O8. The Bertz CT molecular complexity index is 1590. The van der Waals surface area contributed by atoms with E-state index in [-0.39, 0.29) is 72.3 Å². The quantitative estimate of drug-likeness (QED) is 0.157. The lowest BCUT2D eigenvalue weighted by atomic mass is 9.89. The van der Waals surface area contributed by atoms with Gasteiger partial charge in [0.15, 0.2) is 0 Å². The molecule has 11 atom stereocenters. The van der Waals surface area contributed by atoms with Crippen molar-refractivity contribution in [3.05, 3.63) is 48.0 Å². The molecule has 4 aliphatic rings. The molecule has 2 bridgehead atoms. The number of hydrogen-bond acceptors (Lipinski definition) is 9. The standard InChI is InChI=1S/C45H72N6O8/c1-12-29(6)40(49(9)45(56)39(28(4)5)48-43(54)38(46-8)27(2)3)36(57-10)26-37(52)50-24-16-19-35(50)41(58-11)30(7)42(53)47-34(25-31-17-14-13-15-18-31)44(55)51-32-20-22-33(59-51)23-21-32/h13-15,17-18,20,22,27-30,32-36,38-41,46H,12,16,19,21,23-26H2,1-11H3,(H,47,53)(H,48,54)/t29-,30+,32?,33?,34-,35-,36+,38-,39-,40-,41+/m0/s1. The summed E-state index contributed by atoms with van der Waals surface area (Å²) < 4.78 is 12.1. The number of likely N-dealkylation sites (tertiary alicyclic amines) is 1. The fourth-order valence-corrected chi connectivity index (χ4v) is 9.06. The second-order valence-corrected chi connectivity index (χ2v) is 17.4. The van der Waals surface area contributed by atoms with Gasteiger partial charge in [-0.25, -0.2) is 5.06 Å². The van der Waals surface area contributed by atoms with Crippen LogP contribution in [0.3, 0.4) is 0 Å². The zero-order valence-corrected chi connectivity index (χ0v) is 37.3. The number of hydroxylamine groups is 2. The Morgan fingerprint density at radius 3 is 2.08 bits per heavy atom. The van der Waals surface area contributed by atoms with Crippen LogP contribution in [0.25, 0.3) is 0 Å². The normalized spacial score (nSPS) is 23.0. The summed E-state index contributed by atoms with van der Waals surface area (Å²) in [5, 5.41) is 10.5. The molecule has 3 heterocycles. The molecule has 14 nitrogen and oxygen atoms in total. The first-order valence-corrected chi connectivity index (χ1v) is 21.7. The zero-order valence-electron chi connectivity index (χ0n) is 37.3. The summed E-state index contributed by atoms with van der Waals surface area (Å²) in [5.74, 6) is -2.21. The van der Waals surface area contributed by atoms with Crippen molar-refractivity contribution in [3.8, 4) is 0 Å². The maximum absolute atomic E-state index is 14.4. The molecule has 1 aliphatic carbocycles. The number of likely N-dealkylation sites (N-methyl/N-ethyl adjacent to an activating group) is 2. The van der Waals surface area contributed by atoms with Crippen LogP contribution in [-0.2, 0) is 44.7 Å². The summed E-state index contributed by atoms with van der Waals surface area (Å²) in [4.78, 5) is 79.5. The average molecular weight is 825 g/mol. The van der Waals surface area contributed by atoms with Crippen LogP contribution in [-0.4, -0.2) is 134 Å². The van der Waals surface area contributed by atoms with E-state index in [2.05, 4.69) is 16.0 Å². The molecule has 14 heteroatoms. The second-order valence-electron chi connectivity index (χ2n) is 17.4. The Morgan fingerprint density at radius 2 is 1.56 bits per heavy atom. The number of fused-ring (bicyclic) bond motifs is 2. The predicted molar refractivity (Wildman–Crippen MR) is 227 cm³/mol. The SMILES string of the molecule is CC[C@H](C)[C@@H]([C@@H](CC(=O)N1CCC[C@H]1[C@H](OC)[C@@H](C)C(=O)N[C@@H](Cc1ccccc1)C(=O)N1OC2C=CC1CC2)OC)N(C)C(=O)[C@@H](NC(=O)[C@@H](NC)C(C)C)C(C)C. The first-order chi connectivity index (χ1) is 28.1. The van der Waals surface area contributed by atoms with Gasteiger partial charge in [-0.15, -0.1) is 0 Å². The number of rotatable bonds is 21. The Labute approximate surface area is 352 Å². The van der Waals surface area contributed by atoms with E-state index in [0.29, 0.717) is 13.0 Å². The Kier molecular flexibility index (Phi) is 17.9. The van der Waals surface area contributed by atoms with Gasteiger partial charge < -0.3 is 35.2 Å². The van der Waals surface area contributed by atoms with Crippen LogP contribution in [0, 0.1) is 23.7 Å². The van der Waals surface area contributed by atoms with Gasteiger partial charge in [0.05, 0.1) is 48.7 Å². The van der Waals surface area contributed by atoms with Gasteiger partial charge in [0, 0.05) is 34.2 Å². The highest BCUT2D eigenvalue weighted by Crippen LogP contribution is 2.31. The Balaban J connectivity index is 1.50. The minimum Gasteiger partial charge on any atom is -0.379 e. The number of amides is 5. The molecule has 330 valence electrons. The molecular weight excluding hydrogens is 753 g/mol. The summed E-state index contributed by atoms with van der Waals surface area (Å²) in [6.07, 6.45) is 6.54. The molecule has 2 fully saturated rings. The first kappa shape index (κ1) is 47.8. The summed E-state index contributed by atoms with van der Waals surface area (Å²) >= 11 is 0. The van der Waals surface area contributed by atoms with Gasteiger partial charge in [-0.3, -0.25) is 28.8 Å². The fraction of sp³-hybridized carbons (Fsp3) is 0.711. The lowest BCUT2D eigenvalue weighted by molar-refractivity contribution is -0.232. The van der Waals surface area contributed by atoms with Crippen molar-refractivity contribution in [2.75, 3.05) is 34.9 Å². The molecule has 5 rings (SSSR count). The van der Waals surface area contributed by atoms with Gasteiger partial charge in [-0.2, -0.15) is 0 Å². The maximum Gasteiger partial charge on any atom is 0.269 e. The average Bonchev–Trinajstić information content (AvgIpc) is 3.72. The molecule has 0 spiro atoms. The molecule has 3 N–H and O–H groups in total. The van der Waals surface area contributed by atoms with E-state index in [9.17, 15) is 24.0 Å². The van der Waals surface area contributed by atoms with Gasteiger partial charge in [-0.1, -0.05) is 97.4 Å². The lowest BCUT2D eigenvalue weighted by Gasteiger charge is -2.42. The molecule has 2 saturated heterocycles. The summed E-state index contributed by atoms with van der Waals surface area (Å²) in [6, 6.07) is 6.42. The van der Waals surface area contributed by atoms with E-state index in [4.69, 9.17) is 14.3 Å². The van der Waals surface area contributed by atoms with Gasteiger partial charge in [0.1, 0.15) is 18.2 Å². The van der Waals surface area contributed by atoms with Crippen LogP contribution in [0.5, 0.6) is 0 Å². The molecule has 5 amide bonds. The molecule has 2 unspecified atom stereocenters. The second kappa shape index (κ2) is 22.1. The van der Waals surface area contributed by atoms with E-state index in [1.54, 1.807) is 45.0 Å². The molecule has 0 saturated carbocycles. The molecule has 3 aliphatic heterocycles. The smallest absolute Gasteiger partial charge is 0.269 e. The highest BCUT2D eigenvalue weighted by Gasteiger charge is 2.44. The first-order valence-electron chi connectivity index (χ1n) is 21.7. The van der Waals surface area contributed by atoms with E-state index in [0.717, 1.165) is 31.2 Å². The number of hydrogen-bond donors (Lipinski definition) is 3. The number of benzene rings is 1. The van der Waals surface area contributed by atoms with Gasteiger partial charge >= 0.3 is 0 Å². The number of carbonyl (C=O) groups is 5. The lowest BCUT2D eigenvalue weighted by Crippen LogP contribution is -2.59. The topological polar surface area (TPSA) is 159 Å². The predicted octanol–water partition coefficient (Wildman–Crippen LogP) is 3.88. The molecule has 0 aromatic heterocycles. The Morgan fingerprint density at radius 1 is 0.881 bits per heavy atom. The van der Waals surface area contributed by atoms with E-state index >= 15 is 0 Å². The summed E-state index contributed by atoms with van der Waals surface area (Å²) in [7, 11) is 6.57. The summed E-state index contributed by atoms with van der Waals surface area (Å²) in [6.45, 7) is 14.0. The molecule has 0 radical (unpaired) electrons. The third-order valence-electron chi connectivity index (χ3n) is 12.7. The highest BCUT2D eigenvalue weighted by atomic mass is 16.7. The maximum atomic E-state index is 14.4. The van der Waals surface area contributed by atoms with Gasteiger partial charge in [0.25, 0.3) is 5.91 Å². The number of nitrogens with zero attached hydrogens (tertiary/aromatic N) is 3. The molecule has 59 heavy (non-hydrogen) atoms. The van der Waals surface area contributed by atoms with Crippen molar-refractivity contribution < 1.29 is 38.3 Å². The fourth-order valence-electron chi connectivity index (χ4n) is 9.06. The summed E-state index contributed by atoms with van der Waals surface area (Å²) in [5.41, 5.74) is 0.904. The van der Waals surface area contributed by atoms with Crippen molar-refractivity contribution in [3.63, 3.8) is 0 Å². The number of carbonyl (C=O) groups excluding carboxylic acids is 5. The van der Waals surface area contributed by atoms with Crippen molar-refractivity contribution in [1.82, 2.24) is 30.8 Å². The third-order valence-corrected chi connectivity index (χ3v) is 12.7. The number of nitrogens with one attached hydrogen (secondary N) is 3. The van der Waals surface area contributed by atoms with Crippen LogP contribution < -0.4 is 16.0 Å². The minimum atomic E-state index is -0.873. The third kappa shape index (κ3) is 11.7. The van der Waals surface area contributed by atoms with Gasteiger partial charge in [0.2, 0.25) is 23.6 Å². The largest absolute Gasteiger partial charge is 0.379 e. The minimum absolute atomic E-state index is 0.00458. The molecule has 1 aromatic rings. The van der Waals surface area contributed by atoms with Crippen LogP contribution in [0.4, 0.5) is 0 Å². The molecule has 1 aromatic carbocycles. The van der Waals surface area contributed by atoms with Crippen molar-refractivity contribution in [1.29, 1.82) is 0 Å².